The number of piperidine rings is 1. The molecule has 0 radical (unpaired) electrons. The predicted molar refractivity (Wildman–Crippen MR) is 96.2 cm³/mol. The Morgan fingerprint density at radius 1 is 1.15 bits per heavy atom. The molecule has 0 aromatic heterocycles. The summed E-state index contributed by atoms with van der Waals surface area (Å²) in [4.78, 5) is 26.4. The van der Waals surface area contributed by atoms with Crippen LogP contribution in [0.3, 0.4) is 0 Å². The highest BCUT2D eigenvalue weighted by Gasteiger charge is 2.54. The van der Waals surface area contributed by atoms with E-state index in [9.17, 15) is 14.7 Å². The largest absolute Gasteiger partial charge is 0.497 e. The van der Waals surface area contributed by atoms with Crippen molar-refractivity contribution in [1.29, 1.82) is 0 Å². The number of hydrogen-bond donors (Lipinski definition) is 2. The number of carboxylic acids is 1. The number of methoxy groups -OCH3 is 1. The molecule has 0 bridgehead atoms. The molecule has 1 amide bonds. The lowest BCUT2D eigenvalue weighted by Crippen LogP contribution is -2.47. The molecule has 1 atom stereocenters. The fraction of sp³-hybridized carbons (Fsp3) is 0.600. The zero-order chi connectivity index (χ0) is 18.4. The molecule has 6 heteroatoms. The minimum atomic E-state index is -0.767. The smallest absolute Gasteiger partial charge is 0.320 e. The summed E-state index contributed by atoms with van der Waals surface area (Å²) in [6, 6.07) is 7.42. The number of carbonyl (C=O) groups is 2. The molecule has 1 spiro atoms. The summed E-state index contributed by atoms with van der Waals surface area (Å²) >= 11 is 0. The van der Waals surface area contributed by atoms with Crippen molar-refractivity contribution in [3.8, 4) is 5.75 Å². The summed E-state index contributed by atoms with van der Waals surface area (Å²) in [5, 5.41) is 12.3. The third-order valence-corrected chi connectivity index (χ3v) is 6.57. The minimum Gasteiger partial charge on any atom is -0.497 e. The second kappa shape index (κ2) is 6.27. The highest BCUT2D eigenvalue weighted by atomic mass is 16.5. The van der Waals surface area contributed by atoms with Crippen LogP contribution in [0.25, 0.3) is 0 Å². The van der Waals surface area contributed by atoms with Crippen molar-refractivity contribution < 1.29 is 19.4 Å². The van der Waals surface area contributed by atoms with Crippen LogP contribution in [0.2, 0.25) is 0 Å². The summed E-state index contributed by atoms with van der Waals surface area (Å²) in [6.45, 7) is 2.20. The number of benzene rings is 1. The van der Waals surface area contributed by atoms with Crippen molar-refractivity contribution in [2.75, 3.05) is 26.7 Å². The normalized spacial score (nSPS) is 25.9. The standard InChI is InChI=1S/C20H26N2O4/c1-26-15-4-2-14(3-5-15)20(6-7-20)18(25)22-10-8-19(9-11-22)12-16(17(23)24)21-13-19/h2-5,16,21H,6-13H2,1H3,(H,23,24). The van der Waals surface area contributed by atoms with Crippen molar-refractivity contribution in [3.05, 3.63) is 29.8 Å². The number of nitrogens with zero attached hydrogens (tertiary/aromatic N) is 1. The Labute approximate surface area is 153 Å². The monoisotopic (exact) mass is 358 g/mol. The van der Waals surface area contributed by atoms with Gasteiger partial charge in [0.1, 0.15) is 11.8 Å². The second-order valence-electron chi connectivity index (χ2n) is 8.08. The molecule has 1 saturated carbocycles. The molecule has 1 unspecified atom stereocenters. The average molecular weight is 358 g/mol. The van der Waals surface area contributed by atoms with Gasteiger partial charge in [-0.05, 0) is 55.2 Å². The first-order valence-electron chi connectivity index (χ1n) is 9.38. The Balaban J connectivity index is 1.41. The van der Waals surface area contributed by atoms with E-state index in [4.69, 9.17) is 4.74 Å². The molecule has 1 aromatic rings. The number of carboxylic acid groups (broad SMARTS) is 1. The SMILES string of the molecule is COc1ccc(C2(C(=O)N3CCC4(CC3)CNC(C(=O)O)C4)CC2)cc1. The molecule has 2 heterocycles. The van der Waals surface area contributed by atoms with Crippen LogP contribution in [0.15, 0.2) is 24.3 Å². The van der Waals surface area contributed by atoms with Gasteiger partial charge < -0.3 is 20.1 Å². The maximum Gasteiger partial charge on any atom is 0.320 e. The molecule has 140 valence electrons. The molecular weight excluding hydrogens is 332 g/mol. The van der Waals surface area contributed by atoms with Gasteiger partial charge in [-0.1, -0.05) is 12.1 Å². The molecule has 2 N–H and O–H groups in total. The van der Waals surface area contributed by atoms with Gasteiger partial charge in [0.05, 0.1) is 12.5 Å². The highest BCUT2D eigenvalue weighted by molar-refractivity contribution is 5.91. The number of carbonyl (C=O) groups excluding carboxylic acids is 1. The molecular formula is C20H26N2O4. The van der Waals surface area contributed by atoms with Crippen LogP contribution >= 0.6 is 0 Å². The number of likely N-dealkylation sites (tertiary alicyclic amines) is 1. The summed E-state index contributed by atoms with van der Waals surface area (Å²) < 4.78 is 5.21. The Kier molecular flexibility index (Phi) is 4.18. The van der Waals surface area contributed by atoms with Crippen molar-refractivity contribution in [3.63, 3.8) is 0 Å². The first-order chi connectivity index (χ1) is 12.5. The highest BCUT2D eigenvalue weighted by Crippen LogP contribution is 2.51. The van der Waals surface area contributed by atoms with Crippen LogP contribution in [0, 0.1) is 5.41 Å². The van der Waals surface area contributed by atoms with Crippen LogP contribution in [0.1, 0.15) is 37.7 Å². The van der Waals surface area contributed by atoms with Gasteiger partial charge in [0.25, 0.3) is 0 Å². The quantitative estimate of drug-likeness (QED) is 0.858. The van der Waals surface area contributed by atoms with E-state index in [1.54, 1.807) is 7.11 Å². The van der Waals surface area contributed by atoms with E-state index >= 15 is 0 Å². The Morgan fingerprint density at radius 3 is 2.31 bits per heavy atom. The Morgan fingerprint density at radius 2 is 1.81 bits per heavy atom. The lowest BCUT2D eigenvalue weighted by molar-refractivity contribution is -0.140. The van der Waals surface area contributed by atoms with Crippen LogP contribution < -0.4 is 10.1 Å². The number of hydrogen-bond acceptors (Lipinski definition) is 4. The predicted octanol–water partition coefficient (Wildman–Crippen LogP) is 1.78. The third-order valence-electron chi connectivity index (χ3n) is 6.57. The van der Waals surface area contributed by atoms with Crippen molar-refractivity contribution in [2.45, 2.75) is 43.6 Å². The minimum absolute atomic E-state index is 0.0384. The maximum absolute atomic E-state index is 13.2. The van der Waals surface area contributed by atoms with E-state index in [1.165, 1.54) is 0 Å². The van der Waals surface area contributed by atoms with Gasteiger partial charge in [-0.15, -0.1) is 0 Å². The van der Waals surface area contributed by atoms with E-state index in [-0.39, 0.29) is 16.7 Å². The van der Waals surface area contributed by atoms with E-state index in [1.807, 2.05) is 29.2 Å². The molecule has 2 aliphatic heterocycles. The third kappa shape index (κ3) is 2.86. The van der Waals surface area contributed by atoms with Crippen molar-refractivity contribution >= 4 is 11.9 Å². The molecule has 4 rings (SSSR count). The second-order valence-corrected chi connectivity index (χ2v) is 8.08. The average Bonchev–Trinajstić information content (AvgIpc) is 3.38. The topological polar surface area (TPSA) is 78.9 Å². The van der Waals surface area contributed by atoms with Crippen LogP contribution in [-0.4, -0.2) is 54.7 Å². The van der Waals surface area contributed by atoms with E-state index in [2.05, 4.69) is 5.32 Å². The fourth-order valence-electron chi connectivity index (χ4n) is 4.62. The summed E-state index contributed by atoms with van der Waals surface area (Å²) in [6.07, 6.45) is 4.25. The molecule has 1 aromatic carbocycles. The number of aliphatic carboxylic acids is 1. The summed E-state index contributed by atoms with van der Waals surface area (Å²) in [7, 11) is 1.64. The van der Waals surface area contributed by atoms with Gasteiger partial charge in [0.2, 0.25) is 5.91 Å². The molecule has 2 saturated heterocycles. The molecule has 6 nitrogen and oxygen atoms in total. The summed E-state index contributed by atoms with van der Waals surface area (Å²) in [5.41, 5.74) is 0.766. The lowest BCUT2D eigenvalue weighted by atomic mass is 9.76. The zero-order valence-corrected chi connectivity index (χ0v) is 15.2. The van der Waals surface area contributed by atoms with Gasteiger partial charge >= 0.3 is 5.97 Å². The Hall–Kier alpha value is -2.08. The number of ether oxygens (including phenoxy) is 1. The van der Waals surface area contributed by atoms with Gasteiger partial charge in [-0.3, -0.25) is 9.59 Å². The van der Waals surface area contributed by atoms with Crippen LogP contribution in [-0.2, 0) is 15.0 Å². The van der Waals surface area contributed by atoms with Crippen molar-refractivity contribution in [1.82, 2.24) is 10.2 Å². The van der Waals surface area contributed by atoms with Crippen LogP contribution in [0.5, 0.6) is 5.75 Å². The van der Waals surface area contributed by atoms with Crippen molar-refractivity contribution in [2.24, 2.45) is 5.41 Å². The van der Waals surface area contributed by atoms with Gasteiger partial charge in [-0.2, -0.15) is 0 Å². The zero-order valence-electron chi connectivity index (χ0n) is 15.2. The number of nitrogens with one attached hydrogen (secondary N) is 1. The number of amides is 1. The first kappa shape index (κ1) is 17.3. The van der Waals surface area contributed by atoms with Gasteiger partial charge in [-0.25, -0.2) is 0 Å². The molecule has 3 aliphatic rings. The van der Waals surface area contributed by atoms with Crippen LogP contribution in [0.4, 0.5) is 0 Å². The summed E-state index contributed by atoms with van der Waals surface area (Å²) in [5.74, 6) is 0.272. The molecule has 26 heavy (non-hydrogen) atoms. The van der Waals surface area contributed by atoms with Gasteiger partial charge in [0.15, 0.2) is 0 Å². The first-order valence-corrected chi connectivity index (χ1v) is 9.38. The van der Waals surface area contributed by atoms with E-state index in [0.717, 1.165) is 56.6 Å². The molecule has 1 aliphatic carbocycles. The molecule has 3 fully saturated rings. The maximum atomic E-state index is 13.2. The lowest BCUT2D eigenvalue weighted by Gasteiger charge is -2.40. The fourth-order valence-corrected chi connectivity index (χ4v) is 4.62. The number of rotatable bonds is 4. The van der Waals surface area contributed by atoms with E-state index < -0.39 is 12.0 Å². The Bertz CT molecular complexity index is 703. The van der Waals surface area contributed by atoms with E-state index in [0.29, 0.717) is 6.42 Å². The van der Waals surface area contributed by atoms with Gasteiger partial charge in [0, 0.05) is 19.6 Å².